The minimum atomic E-state index is -3.76. The predicted molar refractivity (Wildman–Crippen MR) is 122 cm³/mol. The van der Waals surface area contributed by atoms with Crippen LogP contribution in [0.15, 0.2) is 77.3 Å². The molecule has 9 nitrogen and oxygen atoms in total. The highest BCUT2D eigenvalue weighted by Gasteiger charge is 2.16. The van der Waals surface area contributed by atoms with Crippen LogP contribution in [0.2, 0.25) is 5.02 Å². The number of carbonyl (C=O) groups is 1. The van der Waals surface area contributed by atoms with Crippen molar-refractivity contribution >= 4 is 49.7 Å². The van der Waals surface area contributed by atoms with E-state index in [0.717, 1.165) is 0 Å². The smallest absolute Gasteiger partial charge is 0.276 e. The number of rotatable bonds is 8. The predicted octanol–water partition coefficient (Wildman–Crippen LogP) is 4.08. The molecule has 12 heteroatoms. The number of aromatic nitrogens is 3. The van der Waals surface area contributed by atoms with Gasteiger partial charge in [0.1, 0.15) is 5.75 Å². The molecule has 2 N–H and O–H groups in total. The van der Waals surface area contributed by atoms with Gasteiger partial charge in [-0.2, -0.15) is 5.10 Å². The largest absolute Gasteiger partial charge is 0.471 e. The van der Waals surface area contributed by atoms with Gasteiger partial charge >= 0.3 is 0 Å². The molecule has 164 valence electrons. The summed E-state index contributed by atoms with van der Waals surface area (Å²) >= 11 is 7.10. The summed E-state index contributed by atoms with van der Waals surface area (Å²) < 4.78 is 34.2. The number of anilines is 2. The number of ether oxygens (including phenoxy) is 1. The van der Waals surface area contributed by atoms with Crippen LogP contribution in [0.4, 0.5) is 10.8 Å². The van der Waals surface area contributed by atoms with Crippen LogP contribution < -0.4 is 14.8 Å². The molecule has 0 aliphatic carbocycles. The zero-order valence-corrected chi connectivity index (χ0v) is 18.7. The average molecular weight is 490 g/mol. The molecule has 0 bridgehead atoms. The maximum atomic E-state index is 12.5. The van der Waals surface area contributed by atoms with Crippen molar-refractivity contribution in [3.05, 3.63) is 83.1 Å². The van der Waals surface area contributed by atoms with E-state index in [0.29, 0.717) is 16.5 Å². The Labute approximate surface area is 192 Å². The van der Waals surface area contributed by atoms with Crippen molar-refractivity contribution < 1.29 is 17.9 Å². The lowest BCUT2D eigenvalue weighted by Crippen LogP contribution is -2.15. The van der Waals surface area contributed by atoms with E-state index in [9.17, 15) is 13.2 Å². The molecule has 1 amide bonds. The van der Waals surface area contributed by atoms with Crippen molar-refractivity contribution in [1.82, 2.24) is 14.8 Å². The molecule has 4 rings (SSSR count). The first-order chi connectivity index (χ1) is 15.4. The lowest BCUT2D eigenvalue weighted by molar-refractivity contribution is 0.102. The number of hydrogen-bond donors (Lipinski definition) is 2. The minimum absolute atomic E-state index is 0.0492. The highest BCUT2D eigenvalue weighted by molar-refractivity contribution is 7.93. The molecule has 0 spiro atoms. The third kappa shape index (κ3) is 5.44. The number of thiazole rings is 1. The van der Waals surface area contributed by atoms with E-state index in [-0.39, 0.29) is 22.5 Å². The number of nitrogens with one attached hydrogen (secondary N) is 2. The molecule has 0 saturated heterocycles. The van der Waals surface area contributed by atoms with Crippen LogP contribution in [0, 0.1) is 0 Å². The Morgan fingerprint density at radius 2 is 1.97 bits per heavy atom. The SMILES string of the molecule is O=C(Nc1ccc(S(=O)(=O)Nc2nccs2)cc1)c1ccn(COc2cccc(Cl)c2)n1. The molecule has 2 aromatic heterocycles. The molecule has 4 aromatic rings. The van der Waals surface area contributed by atoms with Crippen molar-refractivity contribution in [1.29, 1.82) is 0 Å². The summed E-state index contributed by atoms with van der Waals surface area (Å²) in [6.45, 7) is 0.103. The fourth-order valence-corrected chi connectivity index (χ4v) is 4.58. The van der Waals surface area contributed by atoms with Crippen molar-refractivity contribution in [3.63, 3.8) is 0 Å². The first-order valence-corrected chi connectivity index (χ1v) is 11.9. The Morgan fingerprint density at radius 1 is 1.16 bits per heavy atom. The molecule has 0 fully saturated rings. The molecule has 0 unspecified atom stereocenters. The maximum Gasteiger partial charge on any atom is 0.276 e. The molecule has 0 aliphatic rings. The highest BCUT2D eigenvalue weighted by Crippen LogP contribution is 2.20. The number of amides is 1. The van der Waals surface area contributed by atoms with Crippen LogP contribution in [0.3, 0.4) is 0 Å². The fourth-order valence-electron chi connectivity index (χ4n) is 2.61. The Balaban J connectivity index is 1.36. The van der Waals surface area contributed by atoms with Gasteiger partial charge in [0.25, 0.3) is 15.9 Å². The van der Waals surface area contributed by atoms with E-state index in [1.807, 2.05) is 0 Å². The first kappa shape index (κ1) is 21.8. The van der Waals surface area contributed by atoms with Gasteiger partial charge in [-0.05, 0) is 48.5 Å². The first-order valence-electron chi connectivity index (χ1n) is 9.15. The van der Waals surface area contributed by atoms with Crippen LogP contribution in [-0.2, 0) is 16.8 Å². The fraction of sp³-hybridized carbons (Fsp3) is 0.0500. The van der Waals surface area contributed by atoms with Gasteiger partial charge in [-0.15, -0.1) is 11.3 Å². The van der Waals surface area contributed by atoms with Gasteiger partial charge in [0.2, 0.25) is 0 Å². The van der Waals surface area contributed by atoms with Crippen molar-refractivity contribution in [2.75, 3.05) is 10.0 Å². The highest BCUT2D eigenvalue weighted by atomic mass is 35.5. The lowest BCUT2D eigenvalue weighted by atomic mass is 10.3. The molecule has 0 atom stereocenters. The molecule has 2 aromatic carbocycles. The second kappa shape index (κ2) is 9.39. The van der Waals surface area contributed by atoms with Crippen molar-refractivity contribution in [3.8, 4) is 5.75 Å². The second-order valence-electron chi connectivity index (χ2n) is 6.39. The average Bonchev–Trinajstić information content (AvgIpc) is 3.44. The van der Waals surface area contributed by atoms with E-state index >= 15 is 0 Å². The second-order valence-corrected chi connectivity index (χ2v) is 9.41. The number of hydrogen-bond acceptors (Lipinski definition) is 7. The molecular formula is C20H16ClN5O4S2. The summed E-state index contributed by atoms with van der Waals surface area (Å²) in [5.41, 5.74) is 0.606. The van der Waals surface area contributed by atoms with E-state index in [1.165, 1.54) is 46.5 Å². The lowest BCUT2D eigenvalue weighted by Gasteiger charge is -2.07. The van der Waals surface area contributed by atoms with Gasteiger partial charge in [0.15, 0.2) is 17.6 Å². The Kier molecular flexibility index (Phi) is 6.40. The van der Waals surface area contributed by atoms with E-state index in [4.69, 9.17) is 16.3 Å². The summed E-state index contributed by atoms with van der Waals surface area (Å²) in [5.74, 6) is 0.140. The van der Waals surface area contributed by atoms with Gasteiger partial charge in [-0.3, -0.25) is 9.52 Å². The summed E-state index contributed by atoms with van der Waals surface area (Å²) in [5, 5.41) is 9.36. The van der Waals surface area contributed by atoms with Crippen LogP contribution in [0.25, 0.3) is 0 Å². The monoisotopic (exact) mass is 489 g/mol. The summed E-state index contributed by atoms with van der Waals surface area (Å²) in [6, 6.07) is 14.3. The third-order valence-corrected chi connectivity index (χ3v) is 6.52. The van der Waals surface area contributed by atoms with Gasteiger partial charge in [0.05, 0.1) is 4.90 Å². The molecule has 32 heavy (non-hydrogen) atoms. The number of benzene rings is 2. The topological polar surface area (TPSA) is 115 Å². The quantitative estimate of drug-likeness (QED) is 0.385. The molecule has 0 aliphatic heterocycles. The zero-order chi connectivity index (χ0) is 22.6. The maximum absolute atomic E-state index is 12.5. The number of carbonyl (C=O) groups excluding carboxylic acids is 1. The van der Waals surface area contributed by atoms with Crippen molar-refractivity contribution in [2.24, 2.45) is 0 Å². The van der Waals surface area contributed by atoms with Crippen LogP contribution in [0.1, 0.15) is 10.5 Å². The number of nitrogens with zero attached hydrogens (tertiary/aromatic N) is 3. The van der Waals surface area contributed by atoms with Gasteiger partial charge in [-0.1, -0.05) is 17.7 Å². The van der Waals surface area contributed by atoms with Crippen LogP contribution in [-0.4, -0.2) is 29.1 Å². The van der Waals surface area contributed by atoms with E-state index in [1.54, 1.807) is 41.9 Å². The summed E-state index contributed by atoms with van der Waals surface area (Å²) in [7, 11) is -3.76. The van der Waals surface area contributed by atoms with Crippen LogP contribution >= 0.6 is 22.9 Å². The Morgan fingerprint density at radius 3 is 2.69 bits per heavy atom. The zero-order valence-electron chi connectivity index (χ0n) is 16.3. The summed E-state index contributed by atoms with van der Waals surface area (Å²) in [4.78, 5) is 16.4. The standard InChI is InChI=1S/C20H16ClN5O4S2/c21-14-2-1-3-16(12-14)30-13-26-10-8-18(24-26)19(27)23-15-4-6-17(7-5-15)32(28,29)25-20-22-9-11-31-20/h1-12H,13H2,(H,22,25)(H,23,27). The van der Waals surface area contributed by atoms with Crippen LogP contribution in [0.5, 0.6) is 5.75 Å². The van der Waals surface area contributed by atoms with E-state index < -0.39 is 15.9 Å². The minimum Gasteiger partial charge on any atom is -0.471 e. The van der Waals surface area contributed by atoms with Crippen molar-refractivity contribution in [2.45, 2.75) is 11.6 Å². The van der Waals surface area contributed by atoms with Gasteiger partial charge in [-0.25, -0.2) is 18.1 Å². The normalized spacial score (nSPS) is 11.2. The van der Waals surface area contributed by atoms with Gasteiger partial charge < -0.3 is 10.1 Å². The molecule has 2 heterocycles. The molecule has 0 saturated carbocycles. The van der Waals surface area contributed by atoms with E-state index in [2.05, 4.69) is 20.1 Å². The Hall–Kier alpha value is -3.41. The van der Waals surface area contributed by atoms with Gasteiger partial charge in [0, 0.05) is 28.5 Å². The Bertz CT molecular complexity index is 1320. The summed E-state index contributed by atoms with van der Waals surface area (Å²) in [6.07, 6.45) is 3.12. The number of sulfonamides is 1. The molecule has 0 radical (unpaired) electrons. The number of halogens is 1. The third-order valence-electron chi connectivity index (χ3n) is 4.11. The molecular weight excluding hydrogens is 474 g/mol.